The fraction of sp³-hybridized carbons (Fsp3) is 0.357. The molecule has 2 aliphatic heterocycles. The lowest BCUT2D eigenvalue weighted by atomic mass is 10.0. The smallest absolute Gasteiger partial charge is 0.230 e. The topological polar surface area (TPSA) is 54.3 Å². The van der Waals surface area contributed by atoms with Crippen molar-refractivity contribution in [2.75, 3.05) is 18.6 Å². The lowest BCUT2D eigenvalue weighted by molar-refractivity contribution is -0.118. The van der Waals surface area contributed by atoms with Gasteiger partial charge in [0.25, 0.3) is 0 Å². The van der Waals surface area contributed by atoms with Crippen LogP contribution in [0.1, 0.15) is 25.3 Å². The summed E-state index contributed by atoms with van der Waals surface area (Å²) in [6, 6.07) is 5.82. The van der Waals surface area contributed by atoms with Gasteiger partial charge in [0.1, 0.15) is 5.75 Å². The van der Waals surface area contributed by atoms with Crippen molar-refractivity contribution in [1.29, 1.82) is 0 Å². The summed E-state index contributed by atoms with van der Waals surface area (Å²) in [7, 11) is 1.78. The zero-order valence-corrected chi connectivity index (χ0v) is 11.0. The van der Waals surface area contributed by atoms with Gasteiger partial charge in [0.05, 0.1) is 24.4 Å². The number of nitrogens with zero attached hydrogens (tertiary/aromatic N) is 3. The van der Waals surface area contributed by atoms with Gasteiger partial charge in [-0.2, -0.15) is 10.2 Å². The molecule has 0 atom stereocenters. The third kappa shape index (κ3) is 2.12. The fourth-order valence-electron chi connectivity index (χ4n) is 2.25. The molecule has 0 aromatic heterocycles. The van der Waals surface area contributed by atoms with Crippen LogP contribution in [0.25, 0.3) is 0 Å². The summed E-state index contributed by atoms with van der Waals surface area (Å²) in [4.78, 5) is 13.5. The zero-order valence-electron chi connectivity index (χ0n) is 11.0. The Balaban J connectivity index is 1.99. The average molecular weight is 257 g/mol. The molecule has 98 valence electrons. The number of fused-ring (bicyclic) bond motifs is 1. The average Bonchev–Trinajstić information content (AvgIpc) is 2.79. The third-order valence-corrected chi connectivity index (χ3v) is 3.37. The number of benzene rings is 1. The highest BCUT2D eigenvalue weighted by atomic mass is 16.5. The second-order valence-corrected chi connectivity index (χ2v) is 4.79. The standard InChI is InChI=1S/C14H15N3O2/c1-9-7-11(16-15-9)10-3-4-13-12(8-10)17(2)14(18)5-6-19-13/h3-4,8H,5-7H2,1-2H3. The number of hydrogen-bond donors (Lipinski definition) is 0. The van der Waals surface area contributed by atoms with E-state index in [9.17, 15) is 4.79 Å². The van der Waals surface area contributed by atoms with Gasteiger partial charge in [0.15, 0.2) is 0 Å². The van der Waals surface area contributed by atoms with Crippen molar-refractivity contribution in [3.8, 4) is 5.75 Å². The first-order valence-corrected chi connectivity index (χ1v) is 6.29. The second-order valence-electron chi connectivity index (χ2n) is 4.79. The Morgan fingerprint density at radius 1 is 1.32 bits per heavy atom. The monoisotopic (exact) mass is 257 g/mol. The number of carbonyl (C=O) groups is 1. The van der Waals surface area contributed by atoms with Crippen LogP contribution in [-0.2, 0) is 4.79 Å². The molecule has 0 saturated heterocycles. The third-order valence-electron chi connectivity index (χ3n) is 3.37. The fourth-order valence-corrected chi connectivity index (χ4v) is 2.25. The number of carbonyl (C=O) groups excluding carboxylic acids is 1. The van der Waals surface area contributed by atoms with Crippen LogP contribution in [0.5, 0.6) is 5.75 Å². The van der Waals surface area contributed by atoms with Crippen LogP contribution in [0.15, 0.2) is 28.4 Å². The molecule has 1 amide bonds. The Morgan fingerprint density at radius 3 is 2.89 bits per heavy atom. The predicted molar refractivity (Wildman–Crippen MR) is 74.2 cm³/mol. The van der Waals surface area contributed by atoms with Crippen LogP contribution < -0.4 is 9.64 Å². The maximum atomic E-state index is 11.9. The molecular weight excluding hydrogens is 242 g/mol. The quantitative estimate of drug-likeness (QED) is 0.772. The van der Waals surface area contributed by atoms with Crippen LogP contribution in [0.3, 0.4) is 0 Å². The number of amides is 1. The minimum Gasteiger partial charge on any atom is -0.491 e. The van der Waals surface area contributed by atoms with Crippen LogP contribution >= 0.6 is 0 Å². The predicted octanol–water partition coefficient (Wildman–Crippen LogP) is 2.00. The van der Waals surface area contributed by atoms with E-state index in [1.54, 1.807) is 11.9 Å². The Morgan fingerprint density at radius 2 is 2.16 bits per heavy atom. The molecule has 0 saturated carbocycles. The highest BCUT2D eigenvalue weighted by Gasteiger charge is 2.21. The summed E-state index contributed by atoms with van der Waals surface area (Å²) in [6.45, 7) is 2.39. The van der Waals surface area contributed by atoms with E-state index >= 15 is 0 Å². The molecule has 0 N–H and O–H groups in total. The second kappa shape index (κ2) is 4.50. The minimum absolute atomic E-state index is 0.0664. The van der Waals surface area contributed by atoms with Crippen LogP contribution in [0, 0.1) is 0 Å². The summed E-state index contributed by atoms with van der Waals surface area (Å²) in [5, 5.41) is 8.22. The van der Waals surface area contributed by atoms with E-state index in [2.05, 4.69) is 10.2 Å². The van der Waals surface area contributed by atoms with Gasteiger partial charge in [0, 0.05) is 24.7 Å². The van der Waals surface area contributed by atoms with Crippen molar-refractivity contribution in [3.63, 3.8) is 0 Å². The molecule has 3 rings (SSSR count). The van der Waals surface area contributed by atoms with E-state index in [0.29, 0.717) is 13.0 Å². The van der Waals surface area contributed by atoms with E-state index in [0.717, 1.165) is 34.8 Å². The lowest BCUT2D eigenvalue weighted by Crippen LogP contribution is -2.25. The van der Waals surface area contributed by atoms with Crippen molar-refractivity contribution in [2.45, 2.75) is 19.8 Å². The highest BCUT2D eigenvalue weighted by molar-refractivity contribution is 6.15. The lowest BCUT2D eigenvalue weighted by Gasteiger charge is -2.17. The largest absolute Gasteiger partial charge is 0.491 e. The van der Waals surface area contributed by atoms with Crippen LogP contribution in [0.2, 0.25) is 0 Å². The first-order chi connectivity index (χ1) is 9.15. The number of anilines is 1. The maximum Gasteiger partial charge on any atom is 0.230 e. The molecule has 0 fully saturated rings. The summed E-state index contributed by atoms with van der Waals surface area (Å²) in [6.07, 6.45) is 1.17. The maximum absolute atomic E-state index is 11.9. The number of rotatable bonds is 1. The van der Waals surface area contributed by atoms with Crippen molar-refractivity contribution < 1.29 is 9.53 Å². The van der Waals surface area contributed by atoms with E-state index in [-0.39, 0.29) is 5.91 Å². The molecule has 0 radical (unpaired) electrons. The van der Waals surface area contributed by atoms with Crippen molar-refractivity contribution >= 4 is 23.0 Å². The first kappa shape index (κ1) is 11.9. The molecule has 0 spiro atoms. The highest BCUT2D eigenvalue weighted by Crippen LogP contribution is 2.32. The Labute approximate surface area is 111 Å². The van der Waals surface area contributed by atoms with Gasteiger partial charge < -0.3 is 9.64 Å². The van der Waals surface area contributed by atoms with Gasteiger partial charge in [-0.3, -0.25) is 4.79 Å². The Bertz CT molecular complexity index is 605. The first-order valence-electron chi connectivity index (χ1n) is 6.29. The minimum atomic E-state index is 0.0664. The Hall–Kier alpha value is -2.17. The van der Waals surface area contributed by atoms with Gasteiger partial charge in [-0.1, -0.05) is 0 Å². The van der Waals surface area contributed by atoms with Crippen molar-refractivity contribution in [2.24, 2.45) is 10.2 Å². The molecule has 2 aliphatic rings. The Kier molecular flexibility index (Phi) is 2.81. The molecule has 19 heavy (non-hydrogen) atoms. The number of hydrogen-bond acceptors (Lipinski definition) is 4. The van der Waals surface area contributed by atoms with E-state index in [1.165, 1.54) is 0 Å². The molecule has 1 aromatic rings. The van der Waals surface area contributed by atoms with Gasteiger partial charge in [-0.15, -0.1) is 0 Å². The van der Waals surface area contributed by atoms with E-state index in [4.69, 9.17) is 4.74 Å². The van der Waals surface area contributed by atoms with Crippen LogP contribution in [0.4, 0.5) is 5.69 Å². The van der Waals surface area contributed by atoms with E-state index < -0.39 is 0 Å². The number of ether oxygens (including phenoxy) is 1. The van der Waals surface area contributed by atoms with E-state index in [1.807, 2.05) is 25.1 Å². The summed E-state index contributed by atoms with van der Waals surface area (Å²) >= 11 is 0. The SMILES string of the molecule is CC1=NN=C(c2ccc3c(c2)N(C)C(=O)CCO3)C1. The molecule has 0 unspecified atom stereocenters. The summed E-state index contributed by atoms with van der Waals surface area (Å²) in [5.74, 6) is 0.810. The molecule has 1 aromatic carbocycles. The zero-order chi connectivity index (χ0) is 13.4. The summed E-state index contributed by atoms with van der Waals surface area (Å²) < 4.78 is 5.60. The molecule has 0 aliphatic carbocycles. The van der Waals surface area contributed by atoms with Crippen LogP contribution in [-0.4, -0.2) is 31.0 Å². The molecule has 5 nitrogen and oxygen atoms in total. The molecule has 5 heteroatoms. The van der Waals surface area contributed by atoms with Crippen molar-refractivity contribution in [3.05, 3.63) is 23.8 Å². The molecular formula is C14H15N3O2. The van der Waals surface area contributed by atoms with Gasteiger partial charge in [0.2, 0.25) is 5.91 Å². The van der Waals surface area contributed by atoms with Gasteiger partial charge >= 0.3 is 0 Å². The van der Waals surface area contributed by atoms with Gasteiger partial charge in [-0.25, -0.2) is 0 Å². The molecule has 2 heterocycles. The van der Waals surface area contributed by atoms with Crippen molar-refractivity contribution in [1.82, 2.24) is 0 Å². The molecule has 0 bridgehead atoms. The van der Waals surface area contributed by atoms with Gasteiger partial charge in [-0.05, 0) is 25.1 Å². The summed E-state index contributed by atoms with van der Waals surface area (Å²) in [5.41, 5.74) is 3.73. The normalized spacial score (nSPS) is 18.4.